The van der Waals surface area contributed by atoms with Crippen LogP contribution in [0.3, 0.4) is 0 Å². The van der Waals surface area contributed by atoms with Crippen molar-refractivity contribution in [1.82, 2.24) is 29.8 Å². The number of rotatable bonds is 2. The second-order valence-corrected chi connectivity index (χ2v) is 5.90. The van der Waals surface area contributed by atoms with E-state index >= 15 is 0 Å². The van der Waals surface area contributed by atoms with Crippen LogP contribution in [0.1, 0.15) is 5.69 Å². The largest absolute Gasteiger partial charge is 0.353 e. The molecule has 8 nitrogen and oxygen atoms in total. The molecule has 4 rings (SSSR count). The van der Waals surface area contributed by atoms with Crippen molar-refractivity contribution in [2.75, 3.05) is 44.2 Å². The lowest BCUT2D eigenvalue weighted by Crippen LogP contribution is -2.56. The molecule has 4 heterocycles. The smallest absolute Gasteiger partial charge is 0.254 e. The third-order valence-electron chi connectivity index (χ3n) is 4.41. The molecule has 2 fully saturated rings. The Bertz CT molecular complexity index is 700. The van der Waals surface area contributed by atoms with Crippen molar-refractivity contribution in [2.45, 2.75) is 6.92 Å². The predicted octanol–water partition coefficient (Wildman–Crippen LogP) is -0.699. The van der Waals surface area contributed by atoms with Gasteiger partial charge < -0.3 is 15.1 Å². The fourth-order valence-electron chi connectivity index (χ4n) is 3.01. The van der Waals surface area contributed by atoms with Gasteiger partial charge in [-0.3, -0.25) is 4.79 Å². The molecule has 0 spiro atoms. The lowest BCUT2D eigenvalue weighted by atomic mass is 10.0. The summed E-state index contributed by atoms with van der Waals surface area (Å²) in [5.74, 6) is 2.08. The molecule has 1 N–H and O–H groups in total. The second kappa shape index (κ2) is 5.20. The van der Waals surface area contributed by atoms with Crippen LogP contribution in [0.25, 0.3) is 5.78 Å². The van der Waals surface area contributed by atoms with Gasteiger partial charge >= 0.3 is 0 Å². The normalized spacial score (nSPS) is 19.5. The van der Waals surface area contributed by atoms with Gasteiger partial charge in [-0.05, 0) is 6.92 Å². The van der Waals surface area contributed by atoms with Gasteiger partial charge in [-0.15, -0.1) is 0 Å². The van der Waals surface area contributed by atoms with Crippen LogP contribution in [-0.4, -0.2) is 69.7 Å². The van der Waals surface area contributed by atoms with Crippen molar-refractivity contribution in [3.05, 3.63) is 18.1 Å². The van der Waals surface area contributed by atoms with Crippen molar-refractivity contribution in [1.29, 1.82) is 0 Å². The van der Waals surface area contributed by atoms with E-state index in [0.717, 1.165) is 50.8 Å². The maximum absolute atomic E-state index is 12.3. The zero-order chi connectivity index (χ0) is 15.1. The second-order valence-electron chi connectivity index (χ2n) is 5.90. The molecule has 2 aromatic rings. The van der Waals surface area contributed by atoms with Gasteiger partial charge in [0.2, 0.25) is 5.91 Å². The van der Waals surface area contributed by atoms with E-state index in [1.54, 1.807) is 4.52 Å². The number of amides is 1. The van der Waals surface area contributed by atoms with E-state index in [2.05, 4.69) is 25.3 Å². The summed E-state index contributed by atoms with van der Waals surface area (Å²) >= 11 is 0. The molecule has 0 saturated carbocycles. The maximum atomic E-state index is 12.3. The van der Waals surface area contributed by atoms with E-state index in [4.69, 9.17) is 0 Å². The highest BCUT2D eigenvalue weighted by molar-refractivity contribution is 5.80. The molecule has 0 radical (unpaired) electrons. The van der Waals surface area contributed by atoms with Gasteiger partial charge in [-0.25, -0.2) is 4.98 Å². The average Bonchev–Trinajstić information content (AvgIpc) is 2.93. The molecule has 0 atom stereocenters. The highest BCUT2D eigenvalue weighted by atomic mass is 16.2. The summed E-state index contributed by atoms with van der Waals surface area (Å²) in [5, 5.41) is 7.41. The van der Waals surface area contributed by atoms with Gasteiger partial charge in [0.15, 0.2) is 0 Å². The van der Waals surface area contributed by atoms with Crippen molar-refractivity contribution >= 4 is 17.5 Å². The Balaban J connectivity index is 1.50. The molecule has 0 bridgehead atoms. The topological polar surface area (TPSA) is 78.7 Å². The maximum Gasteiger partial charge on any atom is 0.254 e. The predicted molar refractivity (Wildman–Crippen MR) is 80.7 cm³/mol. The first kappa shape index (κ1) is 13.4. The van der Waals surface area contributed by atoms with Gasteiger partial charge in [-0.1, -0.05) is 0 Å². The van der Waals surface area contributed by atoms with Crippen LogP contribution in [0.5, 0.6) is 0 Å². The van der Waals surface area contributed by atoms with Crippen LogP contribution in [-0.2, 0) is 4.79 Å². The molecule has 0 aliphatic carbocycles. The zero-order valence-corrected chi connectivity index (χ0v) is 12.6. The molecule has 22 heavy (non-hydrogen) atoms. The lowest BCUT2D eigenvalue weighted by Gasteiger charge is -2.39. The van der Waals surface area contributed by atoms with E-state index in [0.29, 0.717) is 5.78 Å². The van der Waals surface area contributed by atoms with Crippen molar-refractivity contribution in [3.8, 4) is 0 Å². The Morgan fingerprint density at radius 1 is 1.27 bits per heavy atom. The summed E-state index contributed by atoms with van der Waals surface area (Å²) in [6, 6.07) is 2.02. The van der Waals surface area contributed by atoms with Gasteiger partial charge in [0.25, 0.3) is 5.78 Å². The first-order valence-corrected chi connectivity index (χ1v) is 7.64. The molecule has 1 amide bonds. The summed E-state index contributed by atoms with van der Waals surface area (Å²) in [5.41, 5.74) is 0.926. The lowest BCUT2D eigenvalue weighted by molar-refractivity contribution is -0.137. The number of nitrogens with one attached hydrogen (secondary N) is 1. The van der Waals surface area contributed by atoms with Gasteiger partial charge in [0.05, 0.1) is 5.92 Å². The molecular formula is C14H19N7O. The standard InChI is InChI=1S/C14H19N7O/c1-10-6-12(21-14(18-10)16-9-17-21)19-2-4-20(5-3-19)13(22)11-7-15-8-11/h6,9,11,15H,2-5,7-8H2,1H3. The Labute approximate surface area is 128 Å². The number of aromatic nitrogens is 4. The zero-order valence-electron chi connectivity index (χ0n) is 12.6. The summed E-state index contributed by atoms with van der Waals surface area (Å²) in [6.07, 6.45) is 1.52. The summed E-state index contributed by atoms with van der Waals surface area (Å²) in [4.78, 5) is 25.0. The van der Waals surface area contributed by atoms with E-state index in [-0.39, 0.29) is 11.8 Å². The van der Waals surface area contributed by atoms with E-state index in [1.807, 2.05) is 17.9 Å². The molecular weight excluding hydrogens is 282 g/mol. The monoisotopic (exact) mass is 301 g/mol. The van der Waals surface area contributed by atoms with Crippen molar-refractivity contribution < 1.29 is 4.79 Å². The number of aryl methyl sites for hydroxylation is 1. The number of anilines is 1. The van der Waals surface area contributed by atoms with Crippen LogP contribution in [0.2, 0.25) is 0 Å². The molecule has 0 aromatic carbocycles. The molecule has 0 unspecified atom stereocenters. The minimum absolute atomic E-state index is 0.178. The number of carbonyl (C=O) groups excluding carboxylic acids is 1. The first-order valence-electron chi connectivity index (χ1n) is 7.64. The summed E-state index contributed by atoms with van der Waals surface area (Å²) in [6.45, 7) is 6.74. The van der Waals surface area contributed by atoms with Crippen LogP contribution in [0.4, 0.5) is 5.82 Å². The third-order valence-corrected chi connectivity index (χ3v) is 4.41. The fourth-order valence-corrected chi connectivity index (χ4v) is 3.01. The SMILES string of the molecule is Cc1cc(N2CCN(C(=O)C3CNC3)CC2)n2ncnc2n1. The Kier molecular flexibility index (Phi) is 3.18. The quantitative estimate of drug-likeness (QED) is 0.790. The van der Waals surface area contributed by atoms with E-state index in [9.17, 15) is 4.79 Å². The van der Waals surface area contributed by atoms with Crippen molar-refractivity contribution in [2.24, 2.45) is 5.92 Å². The molecule has 8 heteroatoms. The number of fused-ring (bicyclic) bond motifs is 1. The third kappa shape index (κ3) is 2.19. The van der Waals surface area contributed by atoms with Crippen LogP contribution >= 0.6 is 0 Å². The number of hydrogen-bond acceptors (Lipinski definition) is 6. The van der Waals surface area contributed by atoms with E-state index in [1.165, 1.54) is 6.33 Å². The number of piperazine rings is 1. The molecule has 2 aromatic heterocycles. The molecule has 2 saturated heterocycles. The number of hydrogen-bond donors (Lipinski definition) is 1. The summed E-state index contributed by atoms with van der Waals surface area (Å²) in [7, 11) is 0. The van der Waals surface area contributed by atoms with Gasteiger partial charge in [0.1, 0.15) is 12.1 Å². The first-order chi connectivity index (χ1) is 10.7. The number of carbonyl (C=O) groups is 1. The molecule has 2 aliphatic heterocycles. The number of nitrogens with zero attached hydrogens (tertiary/aromatic N) is 6. The Hall–Kier alpha value is -2.22. The van der Waals surface area contributed by atoms with Crippen LogP contribution in [0, 0.1) is 12.8 Å². The summed E-state index contributed by atoms with van der Waals surface area (Å²) < 4.78 is 1.76. The Morgan fingerprint density at radius 2 is 2.05 bits per heavy atom. The minimum atomic E-state index is 0.178. The Morgan fingerprint density at radius 3 is 2.73 bits per heavy atom. The minimum Gasteiger partial charge on any atom is -0.353 e. The highest BCUT2D eigenvalue weighted by Gasteiger charge is 2.31. The van der Waals surface area contributed by atoms with Crippen LogP contribution < -0.4 is 10.2 Å². The molecule has 2 aliphatic rings. The van der Waals surface area contributed by atoms with Gasteiger partial charge in [0, 0.05) is 51.0 Å². The van der Waals surface area contributed by atoms with Gasteiger partial charge in [-0.2, -0.15) is 14.6 Å². The fraction of sp³-hybridized carbons (Fsp3) is 0.571. The van der Waals surface area contributed by atoms with E-state index < -0.39 is 0 Å². The average molecular weight is 301 g/mol. The molecule has 116 valence electrons. The highest BCUT2D eigenvalue weighted by Crippen LogP contribution is 2.19. The van der Waals surface area contributed by atoms with Crippen molar-refractivity contribution in [3.63, 3.8) is 0 Å². The van der Waals surface area contributed by atoms with Crippen LogP contribution in [0.15, 0.2) is 12.4 Å².